The normalized spacial score (nSPS) is 10.1. The van der Waals surface area contributed by atoms with Crippen molar-refractivity contribution < 1.29 is 9.47 Å². The smallest absolute Gasteiger partial charge is 0.144 e. The first-order valence-electron chi connectivity index (χ1n) is 6.57. The Kier molecular flexibility index (Phi) is 5.17. The van der Waals surface area contributed by atoms with Crippen LogP contribution in [-0.2, 0) is 0 Å². The van der Waals surface area contributed by atoms with Crippen LogP contribution in [0.4, 0.5) is 5.82 Å². The van der Waals surface area contributed by atoms with Gasteiger partial charge in [-0.3, -0.25) is 4.98 Å². The van der Waals surface area contributed by atoms with Crippen molar-refractivity contribution in [2.75, 3.05) is 25.6 Å². The van der Waals surface area contributed by atoms with Crippen molar-refractivity contribution in [3.05, 3.63) is 42.4 Å². The molecule has 0 fully saturated rings. The Labute approximate surface area is 119 Å². The molecule has 0 saturated heterocycles. The summed E-state index contributed by atoms with van der Waals surface area (Å²) in [6.07, 6.45) is 4.33. The fourth-order valence-electron chi connectivity index (χ4n) is 1.72. The molecule has 0 amide bonds. The van der Waals surface area contributed by atoms with Gasteiger partial charge >= 0.3 is 0 Å². The molecule has 0 aliphatic carbocycles. The van der Waals surface area contributed by atoms with E-state index in [4.69, 9.17) is 9.47 Å². The van der Waals surface area contributed by atoms with E-state index in [-0.39, 0.29) is 0 Å². The third-order valence-electron chi connectivity index (χ3n) is 2.69. The minimum atomic E-state index is 0.638. The molecule has 106 valence electrons. The van der Waals surface area contributed by atoms with Crippen molar-refractivity contribution in [2.24, 2.45) is 0 Å². The number of benzene rings is 1. The monoisotopic (exact) mass is 273 g/mol. The zero-order valence-corrected chi connectivity index (χ0v) is 11.8. The number of hydrogen-bond donors (Lipinski definition) is 1. The molecule has 0 radical (unpaired) electrons. The highest BCUT2D eigenvalue weighted by molar-refractivity contribution is 5.33. The molecule has 20 heavy (non-hydrogen) atoms. The number of aromatic nitrogens is 2. The molecular formula is C15H19N3O2. The average Bonchev–Trinajstić information content (AvgIpc) is 2.47. The molecule has 1 aromatic carbocycles. The Bertz CT molecular complexity index is 546. The first kappa shape index (κ1) is 14.1. The minimum Gasteiger partial charge on any atom is -0.497 e. The molecule has 5 heteroatoms. The molecule has 0 bridgehead atoms. The van der Waals surface area contributed by atoms with Crippen molar-refractivity contribution >= 4 is 5.82 Å². The number of methoxy groups -OCH3 is 1. The molecule has 2 aromatic rings. The van der Waals surface area contributed by atoms with Gasteiger partial charge in [0.25, 0.3) is 0 Å². The Hall–Kier alpha value is -2.30. The van der Waals surface area contributed by atoms with Gasteiger partial charge in [0, 0.05) is 18.8 Å². The van der Waals surface area contributed by atoms with Gasteiger partial charge in [-0.05, 0) is 25.5 Å². The first-order valence-corrected chi connectivity index (χ1v) is 6.57. The molecule has 0 atom stereocenters. The lowest BCUT2D eigenvalue weighted by Gasteiger charge is -2.08. The van der Waals surface area contributed by atoms with Crippen LogP contribution in [0.3, 0.4) is 0 Å². The summed E-state index contributed by atoms with van der Waals surface area (Å²) in [6, 6.07) is 7.60. The van der Waals surface area contributed by atoms with Gasteiger partial charge in [-0.15, -0.1) is 0 Å². The van der Waals surface area contributed by atoms with Crippen LogP contribution in [0.15, 0.2) is 36.7 Å². The predicted molar refractivity (Wildman–Crippen MR) is 78.4 cm³/mol. The van der Waals surface area contributed by atoms with Crippen LogP contribution in [0.5, 0.6) is 11.5 Å². The van der Waals surface area contributed by atoms with Crippen LogP contribution < -0.4 is 14.8 Å². The molecule has 5 nitrogen and oxygen atoms in total. The summed E-state index contributed by atoms with van der Waals surface area (Å²) in [5, 5.41) is 3.22. The maximum absolute atomic E-state index is 5.65. The standard InChI is InChI=1S/C15H19N3O2/c1-12-10-16-11-15(18-12)17-7-4-8-20-14-6-3-5-13(9-14)19-2/h3,5-6,9-11H,4,7-8H2,1-2H3,(H,17,18). The van der Waals surface area contributed by atoms with Gasteiger partial charge in [-0.2, -0.15) is 0 Å². The van der Waals surface area contributed by atoms with Crippen LogP contribution in [0.1, 0.15) is 12.1 Å². The lowest BCUT2D eigenvalue weighted by atomic mass is 10.3. The van der Waals surface area contributed by atoms with E-state index in [2.05, 4.69) is 15.3 Å². The summed E-state index contributed by atoms with van der Waals surface area (Å²) < 4.78 is 10.8. The van der Waals surface area contributed by atoms with Crippen LogP contribution in [0.25, 0.3) is 0 Å². The lowest BCUT2D eigenvalue weighted by Crippen LogP contribution is -2.08. The van der Waals surface area contributed by atoms with Crippen molar-refractivity contribution in [3.8, 4) is 11.5 Å². The summed E-state index contributed by atoms with van der Waals surface area (Å²) in [5.74, 6) is 2.42. The average molecular weight is 273 g/mol. The van der Waals surface area contributed by atoms with E-state index in [1.165, 1.54) is 0 Å². The van der Waals surface area contributed by atoms with E-state index in [1.54, 1.807) is 19.5 Å². The van der Waals surface area contributed by atoms with Crippen molar-refractivity contribution in [1.29, 1.82) is 0 Å². The number of rotatable bonds is 7. The van der Waals surface area contributed by atoms with E-state index in [0.29, 0.717) is 6.61 Å². The van der Waals surface area contributed by atoms with Gasteiger partial charge in [-0.1, -0.05) is 6.07 Å². The number of nitrogens with one attached hydrogen (secondary N) is 1. The topological polar surface area (TPSA) is 56.3 Å². The fraction of sp³-hybridized carbons (Fsp3) is 0.333. The predicted octanol–water partition coefficient (Wildman–Crippen LogP) is 2.67. The Morgan fingerprint density at radius 2 is 2.05 bits per heavy atom. The lowest BCUT2D eigenvalue weighted by molar-refractivity contribution is 0.312. The Morgan fingerprint density at radius 1 is 1.20 bits per heavy atom. The number of aryl methyl sites for hydroxylation is 1. The van der Waals surface area contributed by atoms with Gasteiger partial charge < -0.3 is 14.8 Å². The third kappa shape index (κ3) is 4.42. The molecule has 0 aliphatic heterocycles. The van der Waals surface area contributed by atoms with Crippen LogP contribution >= 0.6 is 0 Å². The van der Waals surface area contributed by atoms with Gasteiger partial charge in [0.05, 0.1) is 25.6 Å². The zero-order valence-electron chi connectivity index (χ0n) is 11.8. The largest absolute Gasteiger partial charge is 0.497 e. The molecule has 2 rings (SSSR count). The second-order valence-corrected chi connectivity index (χ2v) is 4.35. The van der Waals surface area contributed by atoms with E-state index < -0.39 is 0 Å². The van der Waals surface area contributed by atoms with Crippen molar-refractivity contribution in [3.63, 3.8) is 0 Å². The molecule has 1 heterocycles. The van der Waals surface area contributed by atoms with Crippen LogP contribution in [-0.4, -0.2) is 30.2 Å². The van der Waals surface area contributed by atoms with Crippen LogP contribution in [0.2, 0.25) is 0 Å². The number of nitrogens with zero attached hydrogens (tertiary/aromatic N) is 2. The van der Waals surface area contributed by atoms with E-state index in [0.717, 1.165) is 36.0 Å². The quantitative estimate of drug-likeness (QED) is 0.786. The fourth-order valence-corrected chi connectivity index (χ4v) is 1.72. The van der Waals surface area contributed by atoms with Gasteiger partial charge in [0.2, 0.25) is 0 Å². The van der Waals surface area contributed by atoms with Gasteiger partial charge in [-0.25, -0.2) is 4.98 Å². The highest BCUT2D eigenvalue weighted by Crippen LogP contribution is 2.18. The van der Waals surface area contributed by atoms with Gasteiger partial charge in [0.15, 0.2) is 0 Å². The summed E-state index contributed by atoms with van der Waals surface area (Å²) in [5.41, 5.74) is 0.905. The minimum absolute atomic E-state index is 0.638. The third-order valence-corrected chi connectivity index (χ3v) is 2.69. The maximum atomic E-state index is 5.65. The highest BCUT2D eigenvalue weighted by atomic mass is 16.5. The zero-order chi connectivity index (χ0) is 14.2. The summed E-state index contributed by atoms with van der Waals surface area (Å²) in [6.45, 7) is 3.35. The Balaban J connectivity index is 1.68. The van der Waals surface area contributed by atoms with E-state index >= 15 is 0 Å². The van der Waals surface area contributed by atoms with Crippen molar-refractivity contribution in [2.45, 2.75) is 13.3 Å². The molecule has 1 N–H and O–H groups in total. The van der Waals surface area contributed by atoms with E-state index in [9.17, 15) is 0 Å². The molecule has 0 saturated carbocycles. The second-order valence-electron chi connectivity index (χ2n) is 4.35. The number of anilines is 1. The SMILES string of the molecule is COc1cccc(OCCCNc2cncc(C)n2)c1. The Morgan fingerprint density at radius 3 is 2.85 bits per heavy atom. The molecule has 0 spiro atoms. The van der Waals surface area contributed by atoms with Gasteiger partial charge in [0.1, 0.15) is 17.3 Å². The molecular weight excluding hydrogens is 254 g/mol. The van der Waals surface area contributed by atoms with E-state index in [1.807, 2.05) is 31.2 Å². The van der Waals surface area contributed by atoms with Crippen LogP contribution in [0, 0.1) is 6.92 Å². The highest BCUT2D eigenvalue weighted by Gasteiger charge is 1.97. The number of hydrogen-bond acceptors (Lipinski definition) is 5. The first-order chi connectivity index (χ1) is 9.78. The summed E-state index contributed by atoms with van der Waals surface area (Å²) in [4.78, 5) is 8.40. The molecule has 0 aliphatic rings. The molecule has 1 aromatic heterocycles. The summed E-state index contributed by atoms with van der Waals surface area (Å²) in [7, 11) is 1.64. The molecule has 0 unspecified atom stereocenters. The van der Waals surface area contributed by atoms with Crippen molar-refractivity contribution in [1.82, 2.24) is 9.97 Å². The number of ether oxygens (including phenoxy) is 2. The second kappa shape index (κ2) is 7.33. The summed E-state index contributed by atoms with van der Waals surface area (Å²) >= 11 is 0. The maximum Gasteiger partial charge on any atom is 0.144 e.